The fourth-order valence-corrected chi connectivity index (χ4v) is 1.50. The topological polar surface area (TPSA) is 95.5 Å². The summed E-state index contributed by atoms with van der Waals surface area (Å²) in [5.74, 6) is -1.13. The smallest absolute Gasteiger partial charge is 0.321 e. The molecule has 0 bridgehead atoms. The van der Waals surface area contributed by atoms with E-state index in [9.17, 15) is 14.4 Å². The Balaban J connectivity index is 3.88. The monoisotopic (exact) mass is 258 g/mol. The second kappa shape index (κ2) is 8.49. The predicted octanol–water partition coefficient (Wildman–Crippen LogP) is 1.50. The van der Waals surface area contributed by atoms with Gasteiger partial charge in [-0.1, -0.05) is 20.3 Å². The van der Waals surface area contributed by atoms with Crippen LogP contribution < -0.4 is 10.6 Å². The molecule has 0 fully saturated rings. The Morgan fingerprint density at radius 3 is 2.28 bits per heavy atom. The van der Waals surface area contributed by atoms with Crippen molar-refractivity contribution in [3.63, 3.8) is 0 Å². The summed E-state index contributed by atoms with van der Waals surface area (Å²) >= 11 is 0. The van der Waals surface area contributed by atoms with E-state index in [1.807, 2.05) is 6.92 Å². The Bertz CT molecular complexity index is 304. The number of carbonyl (C=O) groups excluding carboxylic acids is 2. The van der Waals surface area contributed by atoms with Crippen molar-refractivity contribution in [3.05, 3.63) is 0 Å². The van der Waals surface area contributed by atoms with Gasteiger partial charge in [0.25, 0.3) is 0 Å². The van der Waals surface area contributed by atoms with Gasteiger partial charge >= 0.3 is 12.0 Å². The van der Waals surface area contributed by atoms with Crippen molar-refractivity contribution >= 4 is 17.9 Å². The average molecular weight is 258 g/mol. The first kappa shape index (κ1) is 16.4. The summed E-state index contributed by atoms with van der Waals surface area (Å²) in [6.45, 7) is 6.04. The van der Waals surface area contributed by atoms with E-state index in [1.165, 1.54) is 0 Å². The molecular formula is C12H22N2O4. The highest BCUT2D eigenvalue weighted by atomic mass is 16.4. The van der Waals surface area contributed by atoms with E-state index in [4.69, 9.17) is 5.11 Å². The van der Waals surface area contributed by atoms with Crippen molar-refractivity contribution in [2.45, 2.75) is 52.5 Å². The molecule has 0 aliphatic carbocycles. The second-order valence-electron chi connectivity index (χ2n) is 4.57. The summed E-state index contributed by atoms with van der Waals surface area (Å²) in [6.07, 6.45) is 1.41. The maximum Gasteiger partial charge on any atom is 0.321 e. The summed E-state index contributed by atoms with van der Waals surface area (Å²) in [4.78, 5) is 32.8. The Morgan fingerprint density at radius 1 is 1.17 bits per heavy atom. The maximum atomic E-state index is 11.4. The number of carboxylic acid groups (broad SMARTS) is 1. The molecule has 2 unspecified atom stereocenters. The lowest BCUT2D eigenvalue weighted by atomic mass is 10.0. The minimum absolute atomic E-state index is 0.0211. The van der Waals surface area contributed by atoms with Crippen LogP contribution >= 0.6 is 0 Å². The van der Waals surface area contributed by atoms with Gasteiger partial charge in [0, 0.05) is 12.5 Å². The van der Waals surface area contributed by atoms with E-state index < -0.39 is 17.9 Å². The number of carboxylic acids is 1. The van der Waals surface area contributed by atoms with E-state index >= 15 is 0 Å². The van der Waals surface area contributed by atoms with E-state index in [0.29, 0.717) is 5.92 Å². The van der Waals surface area contributed by atoms with Crippen LogP contribution in [0.2, 0.25) is 0 Å². The van der Waals surface area contributed by atoms with Crippen LogP contribution in [-0.2, 0) is 9.59 Å². The number of urea groups is 1. The lowest BCUT2D eigenvalue weighted by molar-refractivity contribution is -0.138. The molecule has 18 heavy (non-hydrogen) atoms. The van der Waals surface area contributed by atoms with Crippen LogP contribution in [0, 0.1) is 5.92 Å². The Morgan fingerprint density at radius 2 is 1.78 bits per heavy atom. The Hall–Kier alpha value is -1.59. The van der Waals surface area contributed by atoms with E-state index in [0.717, 1.165) is 12.8 Å². The molecule has 2 atom stereocenters. The zero-order valence-corrected chi connectivity index (χ0v) is 11.2. The van der Waals surface area contributed by atoms with E-state index in [2.05, 4.69) is 24.5 Å². The van der Waals surface area contributed by atoms with Gasteiger partial charge in [0.1, 0.15) is 0 Å². The SMILES string of the molecule is CCC(C)CC(C)NC(=O)NC(=O)CCC(=O)O. The highest BCUT2D eigenvalue weighted by molar-refractivity contribution is 5.95. The normalized spacial score (nSPS) is 13.5. The zero-order valence-electron chi connectivity index (χ0n) is 11.2. The summed E-state index contributed by atoms with van der Waals surface area (Å²) in [5, 5.41) is 13.1. The third-order valence-electron chi connectivity index (χ3n) is 2.65. The lowest BCUT2D eigenvalue weighted by Gasteiger charge is -2.17. The van der Waals surface area contributed by atoms with Crippen molar-refractivity contribution in [3.8, 4) is 0 Å². The summed E-state index contributed by atoms with van der Waals surface area (Å²) in [6, 6.07) is -0.589. The van der Waals surface area contributed by atoms with Gasteiger partial charge in [0.15, 0.2) is 0 Å². The van der Waals surface area contributed by atoms with Crippen LogP contribution in [0.4, 0.5) is 4.79 Å². The number of hydrogen-bond donors (Lipinski definition) is 3. The molecule has 0 aliphatic heterocycles. The molecule has 0 aliphatic rings. The van der Waals surface area contributed by atoms with Crippen molar-refractivity contribution in [2.75, 3.05) is 0 Å². The van der Waals surface area contributed by atoms with Crippen LogP contribution in [0.1, 0.15) is 46.5 Å². The summed E-state index contributed by atoms with van der Waals surface area (Å²) in [5.41, 5.74) is 0. The molecule has 0 radical (unpaired) electrons. The lowest BCUT2D eigenvalue weighted by Crippen LogP contribution is -2.44. The van der Waals surface area contributed by atoms with Gasteiger partial charge in [0.2, 0.25) is 5.91 Å². The molecule has 0 rings (SSSR count). The van der Waals surface area contributed by atoms with Gasteiger partial charge in [0.05, 0.1) is 6.42 Å². The third kappa shape index (κ3) is 8.55. The van der Waals surface area contributed by atoms with Gasteiger partial charge < -0.3 is 10.4 Å². The second-order valence-corrected chi connectivity index (χ2v) is 4.57. The molecule has 0 aromatic rings. The highest BCUT2D eigenvalue weighted by Crippen LogP contribution is 2.09. The van der Waals surface area contributed by atoms with E-state index in [-0.39, 0.29) is 18.9 Å². The molecule has 0 spiro atoms. The van der Waals surface area contributed by atoms with Crippen LogP contribution in [0.3, 0.4) is 0 Å². The first-order valence-electron chi connectivity index (χ1n) is 6.17. The molecule has 3 amide bonds. The van der Waals surface area contributed by atoms with Crippen LogP contribution in [0.15, 0.2) is 0 Å². The van der Waals surface area contributed by atoms with Gasteiger partial charge in [-0.2, -0.15) is 0 Å². The summed E-state index contributed by atoms with van der Waals surface area (Å²) < 4.78 is 0. The fraction of sp³-hybridized carbons (Fsp3) is 0.750. The van der Waals surface area contributed by atoms with E-state index in [1.54, 1.807) is 0 Å². The third-order valence-corrected chi connectivity index (χ3v) is 2.65. The number of rotatable bonds is 7. The Labute approximate surface area is 107 Å². The van der Waals surface area contributed by atoms with Crippen molar-refractivity contribution in [1.29, 1.82) is 0 Å². The minimum Gasteiger partial charge on any atom is -0.481 e. The van der Waals surface area contributed by atoms with Crippen LogP contribution in [0.5, 0.6) is 0 Å². The molecule has 6 heteroatoms. The number of hydrogen-bond acceptors (Lipinski definition) is 3. The molecule has 0 heterocycles. The highest BCUT2D eigenvalue weighted by Gasteiger charge is 2.13. The molecule has 0 aromatic carbocycles. The Kier molecular flexibility index (Phi) is 7.74. The van der Waals surface area contributed by atoms with Crippen molar-refractivity contribution in [2.24, 2.45) is 5.92 Å². The molecule has 0 saturated heterocycles. The van der Waals surface area contributed by atoms with Gasteiger partial charge in [-0.15, -0.1) is 0 Å². The molecule has 3 N–H and O–H groups in total. The van der Waals surface area contributed by atoms with Crippen LogP contribution in [0.25, 0.3) is 0 Å². The number of aliphatic carboxylic acids is 1. The molecule has 6 nitrogen and oxygen atoms in total. The molecule has 104 valence electrons. The van der Waals surface area contributed by atoms with Crippen molar-refractivity contribution in [1.82, 2.24) is 10.6 Å². The van der Waals surface area contributed by atoms with Gasteiger partial charge in [-0.25, -0.2) is 4.79 Å². The summed E-state index contributed by atoms with van der Waals surface area (Å²) in [7, 11) is 0. The largest absolute Gasteiger partial charge is 0.481 e. The first-order chi connectivity index (χ1) is 8.35. The average Bonchev–Trinajstić information content (AvgIpc) is 2.25. The molecule has 0 aromatic heterocycles. The number of carbonyl (C=O) groups is 3. The molecular weight excluding hydrogens is 236 g/mol. The number of nitrogens with one attached hydrogen (secondary N) is 2. The van der Waals surface area contributed by atoms with Crippen LogP contribution in [-0.4, -0.2) is 29.1 Å². The molecule has 0 saturated carbocycles. The fourth-order valence-electron chi connectivity index (χ4n) is 1.50. The number of imide groups is 1. The minimum atomic E-state index is -1.06. The quantitative estimate of drug-likeness (QED) is 0.645. The maximum absolute atomic E-state index is 11.4. The van der Waals surface area contributed by atoms with Gasteiger partial charge in [-0.05, 0) is 19.3 Å². The zero-order chi connectivity index (χ0) is 14.1. The predicted molar refractivity (Wildman–Crippen MR) is 67.1 cm³/mol. The number of amides is 3. The van der Waals surface area contributed by atoms with Gasteiger partial charge in [-0.3, -0.25) is 14.9 Å². The first-order valence-corrected chi connectivity index (χ1v) is 6.17. The van der Waals surface area contributed by atoms with Crippen molar-refractivity contribution < 1.29 is 19.5 Å². The standard InChI is InChI=1S/C12H22N2O4/c1-4-8(2)7-9(3)13-12(18)14-10(15)5-6-11(16)17/h8-9H,4-7H2,1-3H3,(H,16,17)(H2,13,14,15,18).